The van der Waals surface area contributed by atoms with Crippen molar-refractivity contribution in [1.82, 2.24) is 9.97 Å². The van der Waals surface area contributed by atoms with Gasteiger partial charge in [-0.05, 0) is 50.7 Å². The first-order valence-electron chi connectivity index (χ1n) is 8.55. The van der Waals surface area contributed by atoms with Crippen LogP contribution in [0.1, 0.15) is 33.8 Å². The largest absolute Gasteiger partial charge is 0.226 e. The standard InChI is InChI=1S/C20H19N3S2/c1-12-6-8-14(9-7-12)10-15(11-21)24-19-18-16-4-3-5-17(16)25-20(18)23-13(2)22-19/h6-9,15H,3-5,10H2,1-2H3/t15-/m0/s1. The Morgan fingerprint density at radius 2 is 2.00 bits per heavy atom. The molecule has 2 heterocycles. The predicted molar refractivity (Wildman–Crippen MR) is 104 cm³/mol. The summed E-state index contributed by atoms with van der Waals surface area (Å²) in [5.74, 6) is 0.793. The molecule has 1 atom stereocenters. The van der Waals surface area contributed by atoms with Crippen LogP contribution in [-0.4, -0.2) is 15.2 Å². The van der Waals surface area contributed by atoms with Gasteiger partial charge in [0.05, 0.1) is 6.07 Å². The molecule has 1 aliphatic carbocycles. The smallest absolute Gasteiger partial charge is 0.128 e. The minimum Gasteiger partial charge on any atom is -0.226 e. The van der Waals surface area contributed by atoms with Crippen molar-refractivity contribution < 1.29 is 0 Å². The molecule has 0 saturated heterocycles. The zero-order valence-electron chi connectivity index (χ0n) is 14.4. The molecule has 2 aromatic heterocycles. The number of thioether (sulfide) groups is 1. The summed E-state index contributed by atoms with van der Waals surface area (Å²) in [5, 5.41) is 11.7. The first-order valence-corrected chi connectivity index (χ1v) is 10.2. The molecular formula is C20H19N3S2. The zero-order chi connectivity index (χ0) is 17.4. The first-order chi connectivity index (χ1) is 12.1. The van der Waals surface area contributed by atoms with Crippen LogP contribution in [0.25, 0.3) is 10.2 Å². The van der Waals surface area contributed by atoms with Crippen LogP contribution < -0.4 is 0 Å². The monoisotopic (exact) mass is 365 g/mol. The Hall–Kier alpha value is -1.90. The van der Waals surface area contributed by atoms with Gasteiger partial charge in [-0.15, -0.1) is 11.3 Å². The first kappa shape index (κ1) is 16.6. The fraction of sp³-hybridized carbons (Fsp3) is 0.350. The number of rotatable bonds is 4. The number of thiophene rings is 1. The average molecular weight is 366 g/mol. The molecule has 5 heteroatoms. The van der Waals surface area contributed by atoms with E-state index in [2.05, 4.69) is 42.2 Å². The van der Waals surface area contributed by atoms with Crippen molar-refractivity contribution in [3.05, 3.63) is 51.7 Å². The minimum atomic E-state index is -0.142. The quantitative estimate of drug-likeness (QED) is 0.481. The number of nitrogens with zero attached hydrogens (tertiary/aromatic N) is 3. The molecule has 3 nitrogen and oxygen atoms in total. The second kappa shape index (κ2) is 6.78. The molecular weight excluding hydrogens is 346 g/mol. The summed E-state index contributed by atoms with van der Waals surface area (Å²) in [4.78, 5) is 11.9. The van der Waals surface area contributed by atoms with E-state index < -0.39 is 0 Å². The molecule has 0 fully saturated rings. The summed E-state index contributed by atoms with van der Waals surface area (Å²) < 4.78 is 0. The fourth-order valence-corrected chi connectivity index (χ4v) is 5.83. The summed E-state index contributed by atoms with van der Waals surface area (Å²) in [6.07, 6.45) is 4.23. The Balaban J connectivity index is 1.67. The highest BCUT2D eigenvalue weighted by Gasteiger charge is 2.23. The van der Waals surface area contributed by atoms with Gasteiger partial charge in [-0.2, -0.15) is 5.26 Å². The zero-order valence-corrected chi connectivity index (χ0v) is 16.0. The molecule has 0 N–H and O–H groups in total. The highest BCUT2D eigenvalue weighted by molar-refractivity contribution is 8.00. The Morgan fingerprint density at radius 3 is 2.76 bits per heavy atom. The predicted octanol–water partition coefficient (Wildman–Crippen LogP) is 5.02. The van der Waals surface area contributed by atoms with Gasteiger partial charge in [-0.1, -0.05) is 41.6 Å². The molecule has 0 spiro atoms. The van der Waals surface area contributed by atoms with Crippen LogP contribution in [0.5, 0.6) is 0 Å². The summed E-state index contributed by atoms with van der Waals surface area (Å²) in [6, 6.07) is 10.9. The van der Waals surface area contributed by atoms with Crippen LogP contribution in [0.3, 0.4) is 0 Å². The van der Waals surface area contributed by atoms with E-state index in [9.17, 15) is 5.26 Å². The molecule has 126 valence electrons. The maximum atomic E-state index is 9.68. The van der Waals surface area contributed by atoms with Crippen LogP contribution >= 0.6 is 23.1 Å². The molecule has 0 unspecified atom stereocenters. The van der Waals surface area contributed by atoms with Crippen LogP contribution in [0, 0.1) is 25.2 Å². The molecule has 0 bridgehead atoms. The molecule has 3 aromatic rings. The molecule has 0 aliphatic heterocycles. The van der Waals surface area contributed by atoms with E-state index in [4.69, 9.17) is 4.98 Å². The lowest BCUT2D eigenvalue weighted by atomic mass is 10.1. The van der Waals surface area contributed by atoms with Crippen molar-refractivity contribution in [1.29, 1.82) is 5.26 Å². The van der Waals surface area contributed by atoms with Crippen molar-refractivity contribution in [3.8, 4) is 6.07 Å². The van der Waals surface area contributed by atoms with Crippen molar-refractivity contribution >= 4 is 33.3 Å². The molecule has 0 amide bonds. The van der Waals surface area contributed by atoms with Gasteiger partial charge in [0, 0.05) is 10.3 Å². The van der Waals surface area contributed by atoms with E-state index in [1.165, 1.54) is 33.4 Å². The van der Waals surface area contributed by atoms with E-state index in [-0.39, 0.29) is 5.25 Å². The second-order valence-corrected chi connectivity index (χ2v) is 8.81. The van der Waals surface area contributed by atoms with Gasteiger partial charge in [0.1, 0.15) is 20.9 Å². The lowest BCUT2D eigenvalue weighted by Crippen LogP contribution is -2.05. The number of fused-ring (bicyclic) bond motifs is 3. The number of hydrogen-bond donors (Lipinski definition) is 0. The summed E-state index contributed by atoms with van der Waals surface area (Å²) in [6.45, 7) is 4.02. The third-order valence-electron chi connectivity index (χ3n) is 4.58. The maximum absolute atomic E-state index is 9.68. The molecule has 1 aliphatic rings. The van der Waals surface area contributed by atoms with Gasteiger partial charge in [0.25, 0.3) is 0 Å². The topological polar surface area (TPSA) is 49.6 Å². The summed E-state index contributed by atoms with van der Waals surface area (Å²) >= 11 is 3.40. The van der Waals surface area contributed by atoms with Crippen LogP contribution in [0.2, 0.25) is 0 Å². The Labute approximate surface area is 156 Å². The number of aryl methyl sites for hydroxylation is 4. The lowest BCUT2D eigenvalue weighted by Gasteiger charge is -2.11. The third kappa shape index (κ3) is 3.29. The lowest BCUT2D eigenvalue weighted by molar-refractivity contribution is 0.913. The van der Waals surface area contributed by atoms with Gasteiger partial charge in [0.15, 0.2) is 0 Å². The van der Waals surface area contributed by atoms with Crippen LogP contribution in [-0.2, 0) is 19.3 Å². The van der Waals surface area contributed by atoms with E-state index in [1.54, 1.807) is 11.8 Å². The van der Waals surface area contributed by atoms with Crippen molar-refractivity contribution in [3.63, 3.8) is 0 Å². The van der Waals surface area contributed by atoms with E-state index in [0.29, 0.717) is 0 Å². The molecule has 4 rings (SSSR count). The van der Waals surface area contributed by atoms with Gasteiger partial charge in [-0.25, -0.2) is 9.97 Å². The van der Waals surface area contributed by atoms with Crippen LogP contribution in [0.4, 0.5) is 0 Å². The third-order valence-corrected chi connectivity index (χ3v) is 6.84. The highest BCUT2D eigenvalue weighted by atomic mass is 32.2. The Bertz CT molecular complexity index is 967. The number of aromatic nitrogens is 2. The second-order valence-electron chi connectivity index (χ2n) is 6.54. The van der Waals surface area contributed by atoms with Crippen molar-refractivity contribution in [2.24, 2.45) is 0 Å². The van der Waals surface area contributed by atoms with E-state index >= 15 is 0 Å². The van der Waals surface area contributed by atoms with Gasteiger partial charge in [0.2, 0.25) is 0 Å². The van der Waals surface area contributed by atoms with Gasteiger partial charge >= 0.3 is 0 Å². The molecule has 0 radical (unpaired) electrons. The molecule has 0 saturated carbocycles. The fourth-order valence-electron chi connectivity index (χ4n) is 3.34. The minimum absolute atomic E-state index is 0.142. The molecule has 25 heavy (non-hydrogen) atoms. The van der Waals surface area contributed by atoms with Crippen molar-refractivity contribution in [2.45, 2.75) is 49.8 Å². The number of nitriles is 1. The normalized spacial score (nSPS) is 14.4. The maximum Gasteiger partial charge on any atom is 0.128 e. The summed E-state index contributed by atoms with van der Waals surface area (Å²) in [5.41, 5.74) is 3.86. The van der Waals surface area contributed by atoms with E-state index in [1.807, 2.05) is 18.3 Å². The Kier molecular flexibility index (Phi) is 4.49. The average Bonchev–Trinajstić information content (AvgIpc) is 3.16. The SMILES string of the molecule is Cc1ccc(C[C@@H](C#N)Sc2nc(C)nc3sc4c(c23)CCC4)cc1. The van der Waals surface area contributed by atoms with Gasteiger partial charge < -0.3 is 0 Å². The molecule has 1 aromatic carbocycles. The van der Waals surface area contributed by atoms with Crippen LogP contribution in [0.15, 0.2) is 29.3 Å². The van der Waals surface area contributed by atoms with E-state index in [0.717, 1.165) is 34.9 Å². The van der Waals surface area contributed by atoms with Crippen molar-refractivity contribution in [2.75, 3.05) is 0 Å². The highest BCUT2D eigenvalue weighted by Crippen LogP contribution is 2.41. The summed E-state index contributed by atoms with van der Waals surface area (Å²) in [7, 11) is 0. The van der Waals surface area contributed by atoms with Gasteiger partial charge in [-0.3, -0.25) is 0 Å². The number of hydrogen-bond acceptors (Lipinski definition) is 5. The number of benzene rings is 1. The Morgan fingerprint density at radius 1 is 1.20 bits per heavy atom.